The number of carbonyl (C=O) groups is 1. The highest BCUT2D eigenvalue weighted by molar-refractivity contribution is 7.09. The van der Waals surface area contributed by atoms with E-state index in [1.165, 1.54) is 18.3 Å². The smallest absolute Gasteiger partial charge is 0.228 e. The highest BCUT2D eigenvalue weighted by atomic mass is 32.1. The van der Waals surface area contributed by atoms with E-state index in [0.29, 0.717) is 5.69 Å². The van der Waals surface area contributed by atoms with Crippen molar-refractivity contribution in [3.63, 3.8) is 0 Å². The molecule has 6 nitrogen and oxygen atoms in total. The van der Waals surface area contributed by atoms with Gasteiger partial charge in [-0.25, -0.2) is 4.98 Å². The summed E-state index contributed by atoms with van der Waals surface area (Å²) >= 11 is 1.43. The molecule has 22 heavy (non-hydrogen) atoms. The van der Waals surface area contributed by atoms with Gasteiger partial charge in [-0.2, -0.15) is 0 Å². The van der Waals surface area contributed by atoms with Crippen LogP contribution >= 0.6 is 11.3 Å². The van der Waals surface area contributed by atoms with Crippen LogP contribution in [0.25, 0.3) is 0 Å². The SMILES string of the molecule is CC(=O)/C(=N\OC(C)(C)C(=N)OC(C)(C)C)c1csc(C)n1. The third kappa shape index (κ3) is 5.22. The van der Waals surface area contributed by atoms with Crippen LogP contribution in [0.1, 0.15) is 52.2 Å². The monoisotopic (exact) mass is 325 g/mol. The molecule has 0 bridgehead atoms. The lowest BCUT2D eigenvalue weighted by molar-refractivity contribution is -0.111. The van der Waals surface area contributed by atoms with Gasteiger partial charge in [0.1, 0.15) is 11.3 Å². The maximum absolute atomic E-state index is 11.7. The summed E-state index contributed by atoms with van der Waals surface area (Å²) in [6.45, 7) is 12.1. The summed E-state index contributed by atoms with van der Waals surface area (Å²) in [7, 11) is 0. The maximum Gasteiger partial charge on any atom is 0.228 e. The summed E-state index contributed by atoms with van der Waals surface area (Å²) in [5.74, 6) is -0.300. The zero-order valence-electron chi connectivity index (χ0n) is 14.1. The first kappa shape index (κ1) is 18.3. The lowest BCUT2D eigenvalue weighted by atomic mass is 10.1. The highest BCUT2D eigenvalue weighted by Gasteiger charge is 2.32. The molecule has 1 heterocycles. The average molecular weight is 325 g/mol. The number of ketones is 1. The number of hydrogen-bond acceptors (Lipinski definition) is 7. The quantitative estimate of drug-likeness (QED) is 0.511. The van der Waals surface area contributed by atoms with Crippen LogP contribution in [0.15, 0.2) is 10.5 Å². The molecule has 0 aliphatic carbocycles. The van der Waals surface area contributed by atoms with Crippen molar-refractivity contribution in [1.29, 1.82) is 5.41 Å². The summed E-state index contributed by atoms with van der Waals surface area (Å²) < 4.78 is 5.50. The Bertz CT molecular complexity index is 597. The van der Waals surface area contributed by atoms with Crippen molar-refractivity contribution in [2.75, 3.05) is 0 Å². The second-order valence-corrected chi connectivity index (χ2v) is 7.46. The number of nitrogens with one attached hydrogen (secondary N) is 1. The first-order valence-electron chi connectivity index (χ1n) is 6.90. The minimum absolute atomic E-state index is 0.0545. The Morgan fingerprint density at radius 2 is 1.91 bits per heavy atom. The van der Waals surface area contributed by atoms with Crippen LogP contribution in [0.4, 0.5) is 0 Å². The molecule has 0 atom stereocenters. The van der Waals surface area contributed by atoms with Gasteiger partial charge in [-0.3, -0.25) is 10.2 Å². The second-order valence-electron chi connectivity index (χ2n) is 6.39. The Morgan fingerprint density at radius 3 is 2.32 bits per heavy atom. The fraction of sp³-hybridized carbons (Fsp3) is 0.600. The van der Waals surface area contributed by atoms with Gasteiger partial charge in [0.2, 0.25) is 11.5 Å². The van der Waals surface area contributed by atoms with Crippen molar-refractivity contribution in [3.8, 4) is 0 Å². The molecule has 0 fully saturated rings. The fourth-order valence-electron chi connectivity index (χ4n) is 1.39. The van der Waals surface area contributed by atoms with Crippen LogP contribution < -0.4 is 0 Å². The van der Waals surface area contributed by atoms with E-state index in [1.54, 1.807) is 19.2 Å². The van der Waals surface area contributed by atoms with Crippen molar-refractivity contribution < 1.29 is 14.4 Å². The normalized spacial score (nSPS) is 13.0. The van der Waals surface area contributed by atoms with E-state index in [1.807, 2.05) is 27.7 Å². The molecular weight excluding hydrogens is 302 g/mol. The van der Waals surface area contributed by atoms with Crippen LogP contribution in [0.5, 0.6) is 0 Å². The van der Waals surface area contributed by atoms with Gasteiger partial charge in [0.25, 0.3) is 0 Å². The van der Waals surface area contributed by atoms with E-state index in [9.17, 15) is 4.79 Å². The van der Waals surface area contributed by atoms with E-state index in [0.717, 1.165) is 5.01 Å². The van der Waals surface area contributed by atoms with Crippen LogP contribution in [0.3, 0.4) is 0 Å². The van der Waals surface area contributed by atoms with Crippen LogP contribution in [-0.2, 0) is 14.4 Å². The van der Waals surface area contributed by atoms with Gasteiger partial charge in [0.05, 0.1) is 5.01 Å². The highest BCUT2D eigenvalue weighted by Crippen LogP contribution is 2.19. The van der Waals surface area contributed by atoms with Gasteiger partial charge in [-0.1, -0.05) is 5.16 Å². The number of hydrogen-bond donors (Lipinski definition) is 1. The minimum atomic E-state index is -1.08. The molecule has 0 aliphatic rings. The molecule has 1 N–H and O–H groups in total. The molecular formula is C15H23N3O3S. The number of aromatic nitrogens is 1. The molecule has 7 heteroatoms. The Hall–Kier alpha value is -1.76. The number of thiazole rings is 1. The molecule has 0 spiro atoms. The van der Waals surface area contributed by atoms with Gasteiger partial charge >= 0.3 is 0 Å². The third-order valence-electron chi connectivity index (χ3n) is 2.52. The lowest BCUT2D eigenvalue weighted by Crippen LogP contribution is -2.39. The van der Waals surface area contributed by atoms with Gasteiger partial charge in [-0.05, 0) is 41.5 Å². The molecule has 1 aromatic heterocycles. The van der Waals surface area contributed by atoms with Crippen LogP contribution in [0, 0.1) is 12.3 Å². The maximum atomic E-state index is 11.7. The number of carbonyl (C=O) groups excluding carboxylic acids is 1. The van der Waals surface area contributed by atoms with Crippen molar-refractivity contribution in [2.45, 2.75) is 59.7 Å². The number of ether oxygens (including phenoxy) is 1. The summed E-state index contributed by atoms with van der Waals surface area (Å²) in [5, 5.41) is 14.5. The van der Waals surface area contributed by atoms with Crippen LogP contribution in [0.2, 0.25) is 0 Å². The van der Waals surface area contributed by atoms with Gasteiger partial charge in [-0.15, -0.1) is 11.3 Å². The molecule has 0 unspecified atom stereocenters. The summed E-state index contributed by atoms with van der Waals surface area (Å²) in [6.07, 6.45) is 0. The molecule has 1 aromatic rings. The topological polar surface area (TPSA) is 84.6 Å². The van der Waals surface area contributed by atoms with Crippen LogP contribution in [-0.4, -0.2) is 33.6 Å². The fourth-order valence-corrected chi connectivity index (χ4v) is 1.99. The molecule has 0 aromatic carbocycles. The number of aryl methyl sites for hydroxylation is 1. The zero-order chi connectivity index (χ0) is 17.1. The van der Waals surface area contributed by atoms with E-state index < -0.39 is 11.2 Å². The molecule has 0 aliphatic heterocycles. The minimum Gasteiger partial charge on any atom is -0.472 e. The van der Waals surface area contributed by atoms with E-state index in [-0.39, 0.29) is 17.4 Å². The summed E-state index contributed by atoms with van der Waals surface area (Å²) in [5.41, 5.74) is -0.967. The predicted molar refractivity (Wildman–Crippen MR) is 87.8 cm³/mol. The molecule has 0 amide bonds. The van der Waals surface area contributed by atoms with Crippen molar-refractivity contribution in [1.82, 2.24) is 4.98 Å². The van der Waals surface area contributed by atoms with Crippen molar-refractivity contribution >= 4 is 28.7 Å². The van der Waals surface area contributed by atoms with E-state index in [4.69, 9.17) is 15.0 Å². The Morgan fingerprint density at radius 1 is 1.32 bits per heavy atom. The Labute approximate surface area is 135 Å². The second kappa shape index (κ2) is 6.56. The first-order valence-corrected chi connectivity index (χ1v) is 7.78. The molecule has 0 radical (unpaired) electrons. The Kier molecular flexibility index (Phi) is 5.45. The molecule has 1 rings (SSSR count). The summed E-state index contributed by atoms with van der Waals surface area (Å²) in [6, 6.07) is 0. The Balaban J connectivity index is 2.94. The first-order chi connectivity index (χ1) is 9.92. The van der Waals surface area contributed by atoms with Crippen molar-refractivity contribution in [3.05, 3.63) is 16.1 Å². The van der Waals surface area contributed by atoms with Gasteiger partial charge in [0, 0.05) is 12.3 Å². The third-order valence-corrected chi connectivity index (χ3v) is 3.29. The number of oxime groups is 1. The molecule has 122 valence electrons. The standard InChI is InChI=1S/C15H23N3O3S/c1-9(19)12(11-8-22-10(2)17-11)18-21-15(6,7)13(16)20-14(3,4)5/h8,16H,1-7H3/b16-13?,18-12+. The van der Waals surface area contributed by atoms with E-state index in [2.05, 4.69) is 10.1 Å². The van der Waals surface area contributed by atoms with E-state index >= 15 is 0 Å². The molecule has 0 saturated heterocycles. The summed E-state index contributed by atoms with van der Waals surface area (Å²) in [4.78, 5) is 21.4. The van der Waals surface area contributed by atoms with Gasteiger partial charge < -0.3 is 9.57 Å². The molecule has 0 saturated carbocycles. The number of Topliss-reactive ketones (excluding diaryl/α,β-unsaturated/α-hetero) is 1. The number of rotatable bonds is 5. The number of nitrogens with zero attached hydrogens (tertiary/aromatic N) is 2. The van der Waals surface area contributed by atoms with Crippen molar-refractivity contribution in [2.24, 2.45) is 5.16 Å². The zero-order valence-corrected chi connectivity index (χ0v) is 14.9. The lowest BCUT2D eigenvalue weighted by Gasteiger charge is -2.29. The predicted octanol–water partition coefficient (Wildman–Crippen LogP) is 3.33. The average Bonchev–Trinajstić information content (AvgIpc) is 2.73. The van der Waals surface area contributed by atoms with Gasteiger partial charge in [0.15, 0.2) is 11.5 Å². The largest absolute Gasteiger partial charge is 0.472 e.